The van der Waals surface area contributed by atoms with E-state index in [2.05, 4.69) is 51.6 Å². The van der Waals surface area contributed by atoms with Crippen molar-refractivity contribution in [3.63, 3.8) is 0 Å². The molecular weight excluding hydrogens is 692 g/mol. The molecule has 0 saturated heterocycles. The minimum atomic E-state index is -3.21. The van der Waals surface area contributed by atoms with Gasteiger partial charge in [-0.25, -0.2) is 18.4 Å². The van der Waals surface area contributed by atoms with E-state index < -0.39 is 17.0 Å². The summed E-state index contributed by atoms with van der Waals surface area (Å²) in [5.41, 5.74) is 3.57. The lowest BCUT2D eigenvalue weighted by atomic mass is 9.81. The third-order valence-electron chi connectivity index (χ3n) is 4.48. The lowest BCUT2D eigenvalue weighted by Crippen LogP contribution is -2.29. The first kappa shape index (κ1) is 31.8. The van der Waals surface area contributed by atoms with E-state index in [1.807, 2.05) is 12.1 Å². The molecule has 0 aliphatic carbocycles. The number of hydrogen-bond acceptors (Lipinski definition) is 6. The van der Waals surface area contributed by atoms with Gasteiger partial charge in [-0.2, -0.15) is 0 Å². The maximum absolute atomic E-state index is 11.0. The van der Waals surface area contributed by atoms with Gasteiger partial charge in [0, 0.05) is 9.83 Å². The van der Waals surface area contributed by atoms with Crippen LogP contribution in [0.4, 0.5) is 0 Å². The fourth-order valence-electron chi connectivity index (χ4n) is 2.70. The third kappa shape index (κ3) is 11.5. The third-order valence-corrected chi connectivity index (χ3v) is 7.01. The van der Waals surface area contributed by atoms with Crippen molar-refractivity contribution in [2.75, 3.05) is 6.26 Å². The SMILES string of the molecule is CS(=O)(=O)c1ccc(B(O)O)cc1.Cc1ccc(-c2cc(Cl)nc(Cl)c2)cc1.Clc1cc(I)cc(Cl)n1. The Kier molecular flexibility index (Phi) is 12.6. The topological polar surface area (TPSA) is 100 Å². The summed E-state index contributed by atoms with van der Waals surface area (Å²) in [6.45, 7) is 2.05. The summed E-state index contributed by atoms with van der Waals surface area (Å²) in [5, 5.41) is 19.2. The zero-order valence-corrected chi connectivity index (χ0v) is 25.4. The molecule has 0 aliphatic rings. The molecule has 6 nitrogen and oxygen atoms in total. The quantitative estimate of drug-likeness (QED) is 0.151. The van der Waals surface area contributed by atoms with Gasteiger partial charge >= 0.3 is 7.12 Å². The van der Waals surface area contributed by atoms with Gasteiger partial charge in [0.2, 0.25) is 0 Å². The van der Waals surface area contributed by atoms with Gasteiger partial charge in [-0.1, -0.05) is 88.4 Å². The summed E-state index contributed by atoms with van der Waals surface area (Å²) in [5.74, 6) is 0. The first-order valence-corrected chi connectivity index (χ1v) is 14.8. The van der Waals surface area contributed by atoms with Crippen LogP contribution >= 0.6 is 69.0 Å². The molecule has 0 radical (unpaired) electrons. The predicted octanol–water partition coefficient (Wildman–Crippen LogP) is 6.13. The van der Waals surface area contributed by atoms with Crippen LogP contribution in [-0.4, -0.2) is 41.8 Å². The van der Waals surface area contributed by atoms with Crippen LogP contribution in [0.5, 0.6) is 0 Å². The van der Waals surface area contributed by atoms with Crippen molar-refractivity contribution in [2.24, 2.45) is 0 Å². The Morgan fingerprint density at radius 1 is 0.730 bits per heavy atom. The molecule has 0 spiro atoms. The van der Waals surface area contributed by atoms with Crippen molar-refractivity contribution in [1.82, 2.24) is 9.97 Å². The van der Waals surface area contributed by atoms with E-state index in [4.69, 9.17) is 56.5 Å². The molecular formula is C24H20BCl4IN2O4S. The maximum Gasteiger partial charge on any atom is 0.488 e. The second-order valence-electron chi connectivity index (χ2n) is 7.51. The van der Waals surface area contributed by atoms with Crippen LogP contribution in [0.15, 0.2) is 77.7 Å². The van der Waals surface area contributed by atoms with Crippen LogP contribution in [0, 0.1) is 10.5 Å². The Balaban J connectivity index is 0.000000201. The van der Waals surface area contributed by atoms with Gasteiger partial charge in [-0.05, 0) is 82.5 Å². The lowest BCUT2D eigenvalue weighted by Gasteiger charge is -2.03. The van der Waals surface area contributed by atoms with E-state index in [1.54, 1.807) is 24.3 Å². The molecule has 2 N–H and O–H groups in total. The summed E-state index contributed by atoms with van der Waals surface area (Å²) in [4.78, 5) is 7.83. The number of hydrogen-bond donors (Lipinski definition) is 2. The van der Waals surface area contributed by atoms with Crippen LogP contribution in [0.2, 0.25) is 20.6 Å². The highest BCUT2D eigenvalue weighted by atomic mass is 127. The number of pyridine rings is 2. The molecule has 13 heteroatoms. The van der Waals surface area contributed by atoms with E-state index >= 15 is 0 Å². The van der Waals surface area contributed by atoms with Crippen LogP contribution in [0.3, 0.4) is 0 Å². The van der Waals surface area contributed by atoms with E-state index in [0.717, 1.165) is 21.0 Å². The van der Waals surface area contributed by atoms with E-state index in [1.165, 1.54) is 29.8 Å². The number of nitrogens with zero attached hydrogens (tertiary/aromatic N) is 2. The average molecular weight is 712 g/mol. The molecule has 2 aromatic carbocycles. The summed E-state index contributed by atoms with van der Waals surface area (Å²) >= 11 is 24.9. The highest BCUT2D eigenvalue weighted by molar-refractivity contribution is 14.1. The zero-order chi connectivity index (χ0) is 27.8. The van der Waals surface area contributed by atoms with Crippen molar-refractivity contribution in [1.29, 1.82) is 0 Å². The first-order valence-electron chi connectivity index (χ1n) is 10.3. The largest absolute Gasteiger partial charge is 0.488 e. The lowest BCUT2D eigenvalue weighted by molar-refractivity contribution is 0.425. The van der Waals surface area contributed by atoms with E-state index in [-0.39, 0.29) is 10.4 Å². The summed E-state index contributed by atoms with van der Waals surface area (Å²) in [7, 11) is -4.77. The predicted molar refractivity (Wildman–Crippen MR) is 161 cm³/mol. The Morgan fingerprint density at radius 3 is 1.54 bits per heavy atom. The van der Waals surface area contributed by atoms with Gasteiger partial charge in [0.05, 0.1) is 4.90 Å². The fraction of sp³-hybridized carbons (Fsp3) is 0.0833. The molecule has 0 bridgehead atoms. The Hall–Kier alpha value is -1.44. The fourth-order valence-corrected chi connectivity index (χ4v) is 5.21. The van der Waals surface area contributed by atoms with Crippen molar-refractivity contribution < 1.29 is 18.5 Å². The standard InChI is InChI=1S/C12H9Cl2N.C7H9BO4S.C5H2Cl2IN/c1-8-2-4-9(5-3-8)10-6-11(13)15-12(14)7-10;1-13(11,12)7-4-2-6(3-5-7)8(9)10;6-4-1-3(8)2-5(7)9-4/h2-7H,1H3;2-5,9-10H,1H3;1-2H. The Morgan fingerprint density at radius 2 is 1.16 bits per heavy atom. The molecule has 0 saturated carbocycles. The molecule has 37 heavy (non-hydrogen) atoms. The molecule has 4 rings (SSSR count). The average Bonchev–Trinajstić information content (AvgIpc) is 2.78. The molecule has 0 unspecified atom stereocenters. The summed E-state index contributed by atoms with van der Waals surface area (Å²) in [6, 6.07) is 20.7. The highest BCUT2D eigenvalue weighted by Crippen LogP contribution is 2.25. The first-order chi connectivity index (χ1) is 17.2. The highest BCUT2D eigenvalue weighted by Gasteiger charge is 2.12. The van der Waals surface area contributed by atoms with Crippen molar-refractivity contribution in [3.05, 3.63) is 103 Å². The minimum absolute atomic E-state index is 0.164. The van der Waals surface area contributed by atoms with Gasteiger partial charge in [0.1, 0.15) is 20.6 Å². The number of halogens is 5. The van der Waals surface area contributed by atoms with Crippen LogP contribution in [0.1, 0.15) is 5.56 Å². The molecule has 0 aliphatic heterocycles. The van der Waals surface area contributed by atoms with Crippen molar-refractivity contribution in [3.8, 4) is 11.1 Å². The van der Waals surface area contributed by atoms with Crippen LogP contribution < -0.4 is 5.46 Å². The monoisotopic (exact) mass is 710 g/mol. The number of rotatable bonds is 3. The van der Waals surface area contributed by atoms with Crippen LogP contribution in [0.25, 0.3) is 11.1 Å². The Labute approximate surface area is 249 Å². The van der Waals surface area contributed by atoms with E-state index in [9.17, 15) is 8.42 Å². The second-order valence-corrected chi connectivity index (χ2v) is 12.3. The number of aryl methyl sites for hydroxylation is 1. The van der Waals surface area contributed by atoms with Crippen molar-refractivity contribution >= 4 is 91.4 Å². The molecule has 0 amide bonds. The van der Waals surface area contributed by atoms with E-state index in [0.29, 0.717) is 20.6 Å². The van der Waals surface area contributed by atoms with Gasteiger partial charge in [0.15, 0.2) is 9.84 Å². The smallest absolute Gasteiger partial charge is 0.423 e. The van der Waals surface area contributed by atoms with Gasteiger partial charge in [-0.3, -0.25) is 0 Å². The maximum atomic E-state index is 11.0. The molecule has 4 aromatic rings. The molecule has 2 aromatic heterocycles. The van der Waals surface area contributed by atoms with Gasteiger partial charge in [-0.15, -0.1) is 0 Å². The number of aromatic nitrogens is 2. The normalized spacial score (nSPS) is 10.5. The minimum Gasteiger partial charge on any atom is -0.423 e. The van der Waals surface area contributed by atoms with Crippen LogP contribution in [-0.2, 0) is 9.84 Å². The summed E-state index contributed by atoms with van der Waals surface area (Å²) in [6.07, 6.45) is 1.09. The molecule has 2 heterocycles. The second kappa shape index (κ2) is 14.6. The van der Waals surface area contributed by atoms with Gasteiger partial charge < -0.3 is 10.0 Å². The number of sulfone groups is 1. The molecule has 194 valence electrons. The summed E-state index contributed by atoms with van der Waals surface area (Å²) < 4.78 is 23.0. The zero-order valence-electron chi connectivity index (χ0n) is 19.4. The number of benzene rings is 2. The molecule has 0 atom stereocenters. The molecule has 0 fully saturated rings. The Bertz CT molecular complexity index is 1370. The van der Waals surface area contributed by atoms with Crippen molar-refractivity contribution in [2.45, 2.75) is 11.8 Å². The van der Waals surface area contributed by atoms with Gasteiger partial charge in [0.25, 0.3) is 0 Å².